The van der Waals surface area contributed by atoms with E-state index in [1.54, 1.807) is 6.20 Å². The van der Waals surface area contributed by atoms with E-state index in [0.717, 1.165) is 11.5 Å². The fraction of sp³-hybridized carbons (Fsp3) is 0.500. The Hall–Kier alpha value is -1.45. The number of amides is 1. The van der Waals surface area contributed by atoms with E-state index >= 15 is 0 Å². The third-order valence-corrected chi connectivity index (χ3v) is 2.69. The van der Waals surface area contributed by atoms with E-state index in [2.05, 4.69) is 15.3 Å². The predicted molar refractivity (Wildman–Crippen MR) is 51.7 cm³/mol. The minimum atomic E-state index is 0.0179. The number of carbonyl (C=O) groups excluding carboxylic acids is 1. The van der Waals surface area contributed by atoms with Crippen molar-refractivity contribution in [1.82, 2.24) is 15.3 Å². The average molecular weight is 191 g/mol. The van der Waals surface area contributed by atoms with Gasteiger partial charge in [-0.3, -0.25) is 4.79 Å². The van der Waals surface area contributed by atoms with Gasteiger partial charge in [-0.25, -0.2) is 9.97 Å². The number of hydrogen-bond acceptors (Lipinski definition) is 3. The van der Waals surface area contributed by atoms with Crippen LogP contribution in [0.3, 0.4) is 0 Å². The maximum Gasteiger partial charge on any atom is 0.223 e. The van der Waals surface area contributed by atoms with Crippen LogP contribution < -0.4 is 5.32 Å². The second-order valence-electron chi connectivity index (χ2n) is 3.67. The Labute approximate surface area is 82.8 Å². The lowest BCUT2D eigenvalue weighted by atomic mass is 9.94. The largest absolute Gasteiger partial charge is 0.355 e. The Morgan fingerprint density at radius 1 is 1.57 bits per heavy atom. The molecule has 14 heavy (non-hydrogen) atoms. The molecule has 0 saturated carbocycles. The molecule has 1 N–H and O–H groups in total. The second-order valence-corrected chi connectivity index (χ2v) is 3.67. The van der Waals surface area contributed by atoms with E-state index in [4.69, 9.17) is 0 Å². The predicted octanol–water partition coefficient (Wildman–Crippen LogP) is 0.635. The SMILES string of the molecule is Cc1nccc(C2CNC(=O)C2C)n1. The zero-order chi connectivity index (χ0) is 10.1. The van der Waals surface area contributed by atoms with E-state index < -0.39 is 0 Å². The van der Waals surface area contributed by atoms with Crippen molar-refractivity contribution < 1.29 is 4.79 Å². The molecule has 1 aromatic heterocycles. The average Bonchev–Trinajstić information content (AvgIpc) is 2.48. The summed E-state index contributed by atoms with van der Waals surface area (Å²) in [5.74, 6) is 1.09. The maximum atomic E-state index is 11.3. The molecule has 2 unspecified atom stereocenters. The highest BCUT2D eigenvalue weighted by atomic mass is 16.2. The lowest BCUT2D eigenvalue weighted by Gasteiger charge is -2.11. The molecule has 0 radical (unpaired) electrons. The van der Waals surface area contributed by atoms with Crippen LogP contribution in [0.25, 0.3) is 0 Å². The molecule has 1 aliphatic heterocycles. The zero-order valence-corrected chi connectivity index (χ0v) is 8.32. The van der Waals surface area contributed by atoms with E-state index in [1.807, 2.05) is 19.9 Å². The lowest BCUT2D eigenvalue weighted by Crippen LogP contribution is -2.17. The van der Waals surface area contributed by atoms with Crippen molar-refractivity contribution in [3.63, 3.8) is 0 Å². The molecule has 0 spiro atoms. The van der Waals surface area contributed by atoms with Gasteiger partial charge in [0.2, 0.25) is 5.91 Å². The summed E-state index contributed by atoms with van der Waals surface area (Å²) in [6.07, 6.45) is 1.74. The van der Waals surface area contributed by atoms with Gasteiger partial charge in [-0.15, -0.1) is 0 Å². The van der Waals surface area contributed by atoms with E-state index in [1.165, 1.54) is 0 Å². The summed E-state index contributed by atoms with van der Waals surface area (Å²) in [6.45, 7) is 4.49. The van der Waals surface area contributed by atoms with Gasteiger partial charge in [-0.05, 0) is 13.0 Å². The van der Waals surface area contributed by atoms with Gasteiger partial charge in [-0.2, -0.15) is 0 Å². The molecular weight excluding hydrogens is 178 g/mol. The third kappa shape index (κ3) is 1.47. The minimum Gasteiger partial charge on any atom is -0.355 e. The number of carbonyl (C=O) groups is 1. The molecule has 2 heterocycles. The van der Waals surface area contributed by atoms with E-state index in [0.29, 0.717) is 6.54 Å². The van der Waals surface area contributed by atoms with Gasteiger partial charge in [0.1, 0.15) is 5.82 Å². The number of aromatic nitrogens is 2. The van der Waals surface area contributed by atoms with Crippen LogP contribution in [-0.2, 0) is 4.79 Å². The first-order valence-electron chi connectivity index (χ1n) is 4.75. The molecule has 0 aliphatic carbocycles. The topological polar surface area (TPSA) is 54.9 Å². The van der Waals surface area contributed by atoms with Gasteiger partial charge in [-0.1, -0.05) is 6.92 Å². The molecule has 0 aromatic carbocycles. The molecule has 74 valence electrons. The second kappa shape index (κ2) is 3.36. The Morgan fingerprint density at radius 2 is 2.36 bits per heavy atom. The highest BCUT2D eigenvalue weighted by molar-refractivity contribution is 5.81. The number of aryl methyl sites for hydroxylation is 1. The van der Waals surface area contributed by atoms with Gasteiger partial charge >= 0.3 is 0 Å². The van der Waals surface area contributed by atoms with Crippen molar-refractivity contribution in [3.8, 4) is 0 Å². The van der Waals surface area contributed by atoms with Crippen molar-refractivity contribution in [1.29, 1.82) is 0 Å². The summed E-state index contributed by atoms with van der Waals surface area (Å²) in [4.78, 5) is 19.7. The summed E-state index contributed by atoms with van der Waals surface area (Å²) in [7, 11) is 0. The first kappa shape index (κ1) is 9.12. The van der Waals surface area contributed by atoms with Gasteiger partial charge in [0.05, 0.1) is 0 Å². The highest BCUT2D eigenvalue weighted by Gasteiger charge is 2.32. The molecule has 2 rings (SSSR count). The van der Waals surface area contributed by atoms with Crippen LogP contribution in [0.1, 0.15) is 24.4 Å². The molecule has 1 aromatic rings. The summed E-state index contributed by atoms with van der Waals surface area (Å²) >= 11 is 0. The van der Waals surface area contributed by atoms with Crippen LogP contribution in [0.15, 0.2) is 12.3 Å². The Bertz CT molecular complexity index is 364. The number of hydrogen-bond donors (Lipinski definition) is 1. The third-order valence-electron chi connectivity index (χ3n) is 2.69. The van der Waals surface area contributed by atoms with Gasteiger partial charge < -0.3 is 5.32 Å². The van der Waals surface area contributed by atoms with Crippen LogP contribution in [0.4, 0.5) is 0 Å². The van der Waals surface area contributed by atoms with Crippen molar-refractivity contribution in [3.05, 3.63) is 23.8 Å². The zero-order valence-electron chi connectivity index (χ0n) is 8.32. The first-order valence-corrected chi connectivity index (χ1v) is 4.75. The monoisotopic (exact) mass is 191 g/mol. The van der Waals surface area contributed by atoms with Crippen molar-refractivity contribution in [2.75, 3.05) is 6.54 Å². The molecule has 0 bridgehead atoms. The molecule has 1 aliphatic rings. The van der Waals surface area contributed by atoms with Crippen molar-refractivity contribution in [2.45, 2.75) is 19.8 Å². The molecule has 4 nitrogen and oxygen atoms in total. The number of rotatable bonds is 1. The molecule has 1 amide bonds. The summed E-state index contributed by atoms with van der Waals surface area (Å²) in [5, 5.41) is 2.84. The Kier molecular flexibility index (Phi) is 2.19. The van der Waals surface area contributed by atoms with Gasteiger partial charge in [0.15, 0.2) is 0 Å². The smallest absolute Gasteiger partial charge is 0.223 e. The Balaban J connectivity index is 2.28. The number of nitrogens with zero attached hydrogens (tertiary/aromatic N) is 2. The summed E-state index contributed by atoms with van der Waals surface area (Å²) in [5.41, 5.74) is 0.961. The van der Waals surface area contributed by atoms with E-state index in [-0.39, 0.29) is 17.7 Å². The fourth-order valence-electron chi connectivity index (χ4n) is 1.77. The molecule has 1 fully saturated rings. The highest BCUT2D eigenvalue weighted by Crippen LogP contribution is 2.26. The Morgan fingerprint density at radius 3 is 2.93 bits per heavy atom. The first-order chi connectivity index (χ1) is 6.68. The van der Waals surface area contributed by atoms with Crippen molar-refractivity contribution >= 4 is 5.91 Å². The van der Waals surface area contributed by atoms with Crippen LogP contribution in [0.2, 0.25) is 0 Å². The van der Waals surface area contributed by atoms with Crippen LogP contribution in [0.5, 0.6) is 0 Å². The number of nitrogens with one attached hydrogen (secondary N) is 1. The standard InChI is InChI=1S/C10H13N3O/c1-6-8(5-12-10(6)14)9-3-4-11-7(2)13-9/h3-4,6,8H,5H2,1-2H3,(H,12,14). The van der Waals surface area contributed by atoms with Crippen molar-refractivity contribution in [2.24, 2.45) is 5.92 Å². The minimum absolute atomic E-state index is 0.0179. The van der Waals surface area contributed by atoms with Gasteiger partial charge in [0.25, 0.3) is 0 Å². The van der Waals surface area contributed by atoms with Gasteiger partial charge in [0, 0.05) is 30.3 Å². The lowest BCUT2D eigenvalue weighted by molar-refractivity contribution is -0.122. The normalized spacial score (nSPS) is 26.3. The maximum absolute atomic E-state index is 11.3. The molecule has 1 saturated heterocycles. The molecule has 4 heteroatoms. The van der Waals surface area contributed by atoms with Crippen LogP contribution >= 0.6 is 0 Å². The molecule has 2 atom stereocenters. The summed E-state index contributed by atoms with van der Waals surface area (Å²) < 4.78 is 0. The van der Waals surface area contributed by atoms with Crippen LogP contribution in [0, 0.1) is 12.8 Å². The van der Waals surface area contributed by atoms with Crippen LogP contribution in [-0.4, -0.2) is 22.4 Å². The van der Waals surface area contributed by atoms with E-state index in [9.17, 15) is 4.79 Å². The molecular formula is C10H13N3O. The quantitative estimate of drug-likeness (QED) is 0.708. The fourth-order valence-corrected chi connectivity index (χ4v) is 1.77. The summed E-state index contributed by atoms with van der Waals surface area (Å²) in [6, 6.07) is 1.88.